The molecule has 2 amide bonds. The molecule has 2 heterocycles. The summed E-state index contributed by atoms with van der Waals surface area (Å²) in [6.45, 7) is 8.47. The molecule has 0 bridgehead atoms. The topological polar surface area (TPSA) is 35.6 Å². The third-order valence-corrected chi connectivity index (χ3v) is 4.69. The van der Waals surface area contributed by atoms with Crippen LogP contribution >= 0.6 is 27.3 Å². The number of urea groups is 1. The maximum Gasteiger partial charge on any atom is 0.317 e. The Morgan fingerprint density at radius 1 is 1.37 bits per heavy atom. The van der Waals surface area contributed by atoms with Gasteiger partial charge in [-0.25, -0.2) is 4.79 Å². The lowest BCUT2D eigenvalue weighted by Crippen LogP contribution is -2.52. The number of rotatable bonds is 3. The minimum atomic E-state index is 0.0634. The number of amides is 2. The summed E-state index contributed by atoms with van der Waals surface area (Å²) >= 11 is 5.27. The van der Waals surface area contributed by atoms with Crippen LogP contribution in [0.25, 0.3) is 0 Å². The first-order valence-corrected chi connectivity index (χ1v) is 8.17. The highest BCUT2D eigenvalue weighted by molar-refractivity contribution is 9.11. The number of hydrogen-bond acceptors (Lipinski definition) is 3. The molecule has 0 radical (unpaired) electrons. The highest BCUT2D eigenvalue weighted by Gasteiger charge is 2.21. The molecule has 1 aliphatic rings. The summed E-state index contributed by atoms with van der Waals surface area (Å²) < 4.78 is 1.18. The zero-order valence-corrected chi connectivity index (χ0v) is 13.8. The lowest BCUT2D eigenvalue weighted by atomic mass is 10.3. The van der Waals surface area contributed by atoms with Gasteiger partial charge in [-0.2, -0.15) is 0 Å². The van der Waals surface area contributed by atoms with E-state index in [1.165, 1.54) is 8.66 Å². The molecule has 1 aliphatic heterocycles. The summed E-state index contributed by atoms with van der Waals surface area (Å²) in [4.78, 5) is 17.5. The van der Waals surface area contributed by atoms with Crippen molar-refractivity contribution in [3.8, 4) is 0 Å². The molecule has 106 valence electrons. The Bertz CT molecular complexity index is 427. The predicted octanol–water partition coefficient (Wildman–Crippen LogP) is 2.75. The molecule has 1 aromatic rings. The standard InChI is InChI=1S/C13H20BrN3OS/c1-10(2)15-13(18)17-7-5-16(6-8-17)9-11-3-4-12(14)19-11/h3-4,10H,5-9H2,1-2H3,(H,15,18). The highest BCUT2D eigenvalue weighted by Crippen LogP contribution is 2.23. The second kappa shape index (κ2) is 6.72. The third kappa shape index (κ3) is 4.47. The zero-order chi connectivity index (χ0) is 13.8. The van der Waals surface area contributed by atoms with Gasteiger partial charge in [0, 0.05) is 43.6 Å². The fraction of sp³-hybridized carbons (Fsp3) is 0.615. The number of nitrogens with zero attached hydrogens (tertiary/aromatic N) is 2. The number of carbonyl (C=O) groups is 1. The van der Waals surface area contributed by atoms with Crippen LogP contribution in [-0.4, -0.2) is 48.1 Å². The quantitative estimate of drug-likeness (QED) is 0.914. The van der Waals surface area contributed by atoms with E-state index in [2.05, 4.69) is 38.3 Å². The molecule has 19 heavy (non-hydrogen) atoms. The van der Waals surface area contributed by atoms with Gasteiger partial charge >= 0.3 is 6.03 Å². The number of halogens is 1. The van der Waals surface area contributed by atoms with Gasteiger partial charge in [0.15, 0.2) is 0 Å². The van der Waals surface area contributed by atoms with E-state index in [0.717, 1.165) is 32.7 Å². The van der Waals surface area contributed by atoms with E-state index in [1.54, 1.807) is 11.3 Å². The Kier molecular flexibility index (Phi) is 5.24. The molecule has 2 rings (SSSR count). The van der Waals surface area contributed by atoms with Crippen molar-refractivity contribution in [2.75, 3.05) is 26.2 Å². The van der Waals surface area contributed by atoms with E-state index < -0.39 is 0 Å². The summed E-state index contributed by atoms with van der Waals surface area (Å²) in [6, 6.07) is 4.52. The van der Waals surface area contributed by atoms with Crippen LogP contribution in [0.1, 0.15) is 18.7 Å². The summed E-state index contributed by atoms with van der Waals surface area (Å²) in [5.74, 6) is 0. The van der Waals surface area contributed by atoms with Crippen LogP contribution in [0.2, 0.25) is 0 Å². The van der Waals surface area contributed by atoms with Crippen LogP contribution in [0, 0.1) is 0 Å². The maximum absolute atomic E-state index is 11.9. The normalized spacial score (nSPS) is 16.9. The molecule has 4 nitrogen and oxygen atoms in total. The first-order chi connectivity index (χ1) is 9.04. The molecule has 1 N–H and O–H groups in total. The lowest BCUT2D eigenvalue weighted by Gasteiger charge is -2.34. The molecule has 1 aromatic heterocycles. The van der Waals surface area contributed by atoms with Crippen molar-refractivity contribution in [3.05, 3.63) is 20.8 Å². The minimum Gasteiger partial charge on any atom is -0.336 e. The summed E-state index contributed by atoms with van der Waals surface area (Å²) in [5.41, 5.74) is 0. The first kappa shape index (κ1) is 14.8. The smallest absolute Gasteiger partial charge is 0.317 e. The first-order valence-electron chi connectivity index (χ1n) is 6.56. The number of hydrogen-bond donors (Lipinski definition) is 1. The lowest BCUT2D eigenvalue weighted by molar-refractivity contribution is 0.134. The maximum atomic E-state index is 11.9. The zero-order valence-electron chi connectivity index (χ0n) is 11.4. The number of piperazine rings is 1. The molecule has 0 saturated carbocycles. The summed E-state index contributed by atoms with van der Waals surface area (Å²) in [5, 5.41) is 2.94. The SMILES string of the molecule is CC(C)NC(=O)N1CCN(Cc2ccc(Br)s2)CC1. The number of nitrogens with one attached hydrogen (secondary N) is 1. The van der Waals surface area contributed by atoms with Crippen molar-refractivity contribution in [1.29, 1.82) is 0 Å². The van der Waals surface area contributed by atoms with Crippen molar-refractivity contribution >= 4 is 33.3 Å². The predicted molar refractivity (Wildman–Crippen MR) is 82.5 cm³/mol. The average molecular weight is 346 g/mol. The Balaban J connectivity index is 1.77. The molecular weight excluding hydrogens is 326 g/mol. The summed E-state index contributed by atoms with van der Waals surface area (Å²) in [7, 11) is 0. The average Bonchev–Trinajstić information content (AvgIpc) is 2.75. The molecule has 0 aliphatic carbocycles. The minimum absolute atomic E-state index is 0.0634. The van der Waals surface area contributed by atoms with Crippen molar-refractivity contribution in [2.45, 2.75) is 26.4 Å². The fourth-order valence-corrected chi connectivity index (χ4v) is 3.63. The molecule has 1 saturated heterocycles. The van der Waals surface area contributed by atoms with Crippen molar-refractivity contribution in [1.82, 2.24) is 15.1 Å². The van der Waals surface area contributed by atoms with Crippen LogP contribution < -0.4 is 5.32 Å². The second-order valence-corrected chi connectivity index (χ2v) is 7.62. The van der Waals surface area contributed by atoms with Crippen LogP contribution in [0.15, 0.2) is 15.9 Å². The van der Waals surface area contributed by atoms with Gasteiger partial charge in [0.05, 0.1) is 3.79 Å². The Hall–Kier alpha value is -0.590. The van der Waals surface area contributed by atoms with Crippen LogP contribution in [0.3, 0.4) is 0 Å². The van der Waals surface area contributed by atoms with Gasteiger partial charge in [-0.15, -0.1) is 11.3 Å². The second-order valence-electron chi connectivity index (χ2n) is 5.07. The Morgan fingerprint density at radius 3 is 2.58 bits per heavy atom. The van der Waals surface area contributed by atoms with Crippen LogP contribution in [0.5, 0.6) is 0 Å². The fourth-order valence-electron chi connectivity index (χ4n) is 2.10. The molecule has 0 unspecified atom stereocenters. The van der Waals surface area contributed by atoms with Gasteiger partial charge in [-0.1, -0.05) is 0 Å². The molecular formula is C13H20BrN3OS. The number of thiophene rings is 1. The van der Waals surface area contributed by atoms with Crippen molar-refractivity contribution in [2.24, 2.45) is 0 Å². The summed E-state index contributed by atoms with van der Waals surface area (Å²) in [6.07, 6.45) is 0. The van der Waals surface area contributed by atoms with E-state index in [-0.39, 0.29) is 12.1 Å². The van der Waals surface area contributed by atoms with Crippen LogP contribution in [-0.2, 0) is 6.54 Å². The van der Waals surface area contributed by atoms with E-state index in [4.69, 9.17) is 0 Å². The molecule has 0 aromatic carbocycles. The van der Waals surface area contributed by atoms with Crippen molar-refractivity contribution in [3.63, 3.8) is 0 Å². The van der Waals surface area contributed by atoms with E-state index in [0.29, 0.717) is 0 Å². The van der Waals surface area contributed by atoms with E-state index >= 15 is 0 Å². The van der Waals surface area contributed by atoms with Crippen LogP contribution in [0.4, 0.5) is 4.79 Å². The molecule has 6 heteroatoms. The molecule has 0 atom stereocenters. The monoisotopic (exact) mass is 345 g/mol. The largest absolute Gasteiger partial charge is 0.336 e. The Morgan fingerprint density at radius 2 is 2.05 bits per heavy atom. The van der Waals surface area contributed by atoms with Gasteiger partial charge in [0.2, 0.25) is 0 Å². The Labute approximate surface area is 126 Å². The van der Waals surface area contributed by atoms with Gasteiger partial charge in [0.25, 0.3) is 0 Å². The van der Waals surface area contributed by atoms with Gasteiger partial charge in [-0.3, -0.25) is 4.90 Å². The van der Waals surface area contributed by atoms with Gasteiger partial charge in [0.1, 0.15) is 0 Å². The van der Waals surface area contributed by atoms with Gasteiger partial charge in [-0.05, 0) is 41.9 Å². The third-order valence-electron chi connectivity index (χ3n) is 3.08. The van der Waals surface area contributed by atoms with E-state index in [9.17, 15) is 4.79 Å². The highest BCUT2D eigenvalue weighted by atomic mass is 79.9. The molecule has 0 spiro atoms. The van der Waals surface area contributed by atoms with Crippen molar-refractivity contribution < 1.29 is 4.79 Å². The van der Waals surface area contributed by atoms with E-state index in [1.807, 2.05) is 18.7 Å². The number of carbonyl (C=O) groups excluding carboxylic acids is 1. The molecule has 1 fully saturated rings. The van der Waals surface area contributed by atoms with Gasteiger partial charge < -0.3 is 10.2 Å².